The Balaban J connectivity index is 2.17. The number of hydrogen-bond donors (Lipinski definition) is 2. The fourth-order valence-electron chi connectivity index (χ4n) is 8.59. The third-order valence-electron chi connectivity index (χ3n) is 11.1. The first kappa shape index (κ1) is 38.2. The zero-order valence-electron chi connectivity index (χ0n) is 29.8. The lowest BCUT2D eigenvalue weighted by Crippen LogP contribution is -2.59. The summed E-state index contributed by atoms with van der Waals surface area (Å²) in [6.45, 7) is 17.6. The van der Waals surface area contributed by atoms with Crippen LogP contribution in [0.2, 0.25) is 0 Å². The third-order valence-corrected chi connectivity index (χ3v) is 11.1. The zero-order chi connectivity index (χ0) is 35.0. The Morgan fingerprint density at radius 2 is 1.59 bits per heavy atom. The number of primary amides is 1. The van der Waals surface area contributed by atoms with E-state index in [4.69, 9.17) is 29.4 Å². The number of carbonyl (C=O) groups is 4. The van der Waals surface area contributed by atoms with E-state index in [9.17, 15) is 24.3 Å². The minimum Gasteiger partial charge on any atom is -0.458 e. The molecular weight excluding hydrogens is 596 g/mol. The summed E-state index contributed by atoms with van der Waals surface area (Å²) >= 11 is 0. The van der Waals surface area contributed by atoms with Crippen LogP contribution in [0.15, 0.2) is 0 Å². The maximum absolute atomic E-state index is 14.2. The number of carbonyl (C=O) groups excluding carboxylic acids is 4. The lowest BCUT2D eigenvalue weighted by Gasteiger charge is -2.48. The number of esters is 2. The predicted molar refractivity (Wildman–Crippen MR) is 169 cm³/mol. The van der Waals surface area contributed by atoms with Crippen LogP contribution in [-0.4, -0.2) is 95.9 Å². The van der Waals surface area contributed by atoms with Crippen LogP contribution >= 0.6 is 0 Å². The number of rotatable bonds is 5. The number of nitrogens with two attached hydrogens (primary N) is 1. The molecule has 3 saturated heterocycles. The Morgan fingerprint density at radius 1 is 0.978 bits per heavy atom. The van der Waals surface area contributed by atoms with Crippen LogP contribution in [0.4, 0.5) is 4.79 Å². The summed E-state index contributed by atoms with van der Waals surface area (Å²) in [5.41, 5.74) is 2.83. The van der Waals surface area contributed by atoms with Crippen molar-refractivity contribution in [2.75, 3.05) is 14.1 Å². The van der Waals surface area contributed by atoms with Crippen molar-refractivity contribution in [2.24, 2.45) is 47.2 Å². The molecule has 12 nitrogen and oxygen atoms in total. The molecule has 3 aliphatic rings. The standard InChI is InChI=1S/C34H58N2O10/c1-13-24-34(10)25(20(6)30(40)45-34)19(5)26(37)16(2)15-33(9,46-32(35)41)28(21(7)27(38)22(8)29(39)43-24)44-31-18(4)23(36(11)12)14-17(3)42-31/h16-25,27-28,31,38H,13-15H2,1-12H3,(H2,35,41)/t16-,17-,18-,19?,20?,21+,22-,23+,24-,25?,27+,28-,31+,33-,34-/m1/s1. The molecule has 0 aromatic rings. The van der Waals surface area contributed by atoms with Crippen molar-refractivity contribution in [3.05, 3.63) is 0 Å². The van der Waals surface area contributed by atoms with Crippen molar-refractivity contribution in [3.8, 4) is 0 Å². The molecule has 264 valence electrons. The molecule has 0 aromatic carbocycles. The van der Waals surface area contributed by atoms with Gasteiger partial charge in [-0.25, -0.2) is 4.79 Å². The molecule has 46 heavy (non-hydrogen) atoms. The second-order valence-corrected chi connectivity index (χ2v) is 14.9. The smallest absolute Gasteiger partial charge is 0.405 e. The highest BCUT2D eigenvalue weighted by Crippen LogP contribution is 2.48. The molecule has 3 aliphatic heterocycles. The molecule has 0 saturated carbocycles. The van der Waals surface area contributed by atoms with Crippen molar-refractivity contribution < 1.29 is 48.0 Å². The molecule has 3 rings (SSSR count). The van der Waals surface area contributed by atoms with Gasteiger partial charge in [-0.1, -0.05) is 41.5 Å². The number of aliphatic hydroxyl groups excluding tert-OH is 1. The largest absolute Gasteiger partial charge is 0.458 e. The van der Waals surface area contributed by atoms with Gasteiger partial charge in [0.15, 0.2) is 11.9 Å². The molecule has 0 radical (unpaired) electrons. The molecule has 0 bridgehead atoms. The van der Waals surface area contributed by atoms with Gasteiger partial charge in [0.05, 0.1) is 24.0 Å². The van der Waals surface area contributed by atoms with E-state index in [2.05, 4.69) is 4.90 Å². The molecule has 1 amide bonds. The first-order chi connectivity index (χ1) is 21.2. The van der Waals surface area contributed by atoms with Crippen LogP contribution in [0.25, 0.3) is 0 Å². The zero-order valence-corrected chi connectivity index (χ0v) is 29.8. The topological polar surface area (TPSA) is 164 Å². The van der Waals surface area contributed by atoms with Crippen LogP contribution in [0.3, 0.4) is 0 Å². The molecule has 3 N–H and O–H groups in total. The predicted octanol–water partition coefficient (Wildman–Crippen LogP) is 3.69. The second-order valence-electron chi connectivity index (χ2n) is 14.9. The summed E-state index contributed by atoms with van der Waals surface area (Å²) < 4.78 is 30.8. The van der Waals surface area contributed by atoms with Gasteiger partial charge in [-0.3, -0.25) is 14.4 Å². The molecule has 15 atom stereocenters. The maximum Gasteiger partial charge on any atom is 0.405 e. The molecule has 3 fully saturated rings. The molecule has 0 aromatic heterocycles. The van der Waals surface area contributed by atoms with E-state index in [-0.39, 0.29) is 30.3 Å². The van der Waals surface area contributed by atoms with Gasteiger partial charge in [0.25, 0.3) is 0 Å². The van der Waals surface area contributed by atoms with E-state index in [1.165, 1.54) is 0 Å². The minimum absolute atomic E-state index is 0.00272. The van der Waals surface area contributed by atoms with Crippen molar-refractivity contribution in [1.29, 1.82) is 0 Å². The number of Topliss-reactive ketones (excluding diaryl/α,β-unsaturated/α-hetero) is 1. The number of hydrogen-bond acceptors (Lipinski definition) is 11. The van der Waals surface area contributed by atoms with Crippen molar-refractivity contribution in [1.82, 2.24) is 4.90 Å². The van der Waals surface area contributed by atoms with Crippen LogP contribution in [0.5, 0.6) is 0 Å². The van der Waals surface area contributed by atoms with Gasteiger partial charge in [-0.2, -0.15) is 0 Å². The summed E-state index contributed by atoms with van der Waals surface area (Å²) in [6.07, 6.45) is -4.11. The van der Waals surface area contributed by atoms with Gasteiger partial charge in [0.1, 0.15) is 23.6 Å². The number of fused-ring (bicyclic) bond motifs is 1. The Hall–Kier alpha value is -2.28. The highest BCUT2D eigenvalue weighted by atomic mass is 16.7. The van der Waals surface area contributed by atoms with Crippen molar-refractivity contribution >= 4 is 23.8 Å². The van der Waals surface area contributed by atoms with Crippen molar-refractivity contribution in [2.45, 2.75) is 136 Å². The minimum atomic E-state index is -1.53. The normalized spacial score (nSPS) is 46.2. The van der Waals surface area contributed by atoms with Crippen LogP contribution in [0, 0.1) is 41.4 Å². The summed E-state index contributed by atoms with van der Waals surface area (Å²) in [5, 5.41) is 11.8. The third kappa shape index (κ3) is 7.39. The molecule has 0 aliphatic carbocycles. The fraction of sp³-hybridized carbons (Fsp3) is 0.882. The molecule has 12 heteroatoms. The van der Waals surface area contributed by atoms with Crippen LogP contribution in [-0.2, 0) is 38.1 Å². The highest BCUT2D eigenvalue weighted by molar-refractivity contribution is 5.85. The number of amides is 1. The summed E-state index contributed by atoms with van der Waals surface area (Å²) in [6, 6.07) is 0.115. The lowest BCUT2D eigenvalue weighted by molar-refractivity contribution is -0.284. The van der Waals surface area contributed by atoms with E-state index >= 15 is 0 Å². The van der Waals surface area contributed by atoms with E-state index in [1.807, 2.05) is 34.9 Å². The summed E-state index contributed by atoms with van der Waals surface area (Å²) in [5.74, 6) is -5.94. The molecule has 0 spiro atoms. The molecular formula is C34H58N2O10. The Kier molecular flexibility index (Phi) is 12.0. The number of nitrogens with zero attached hydrogens (tertiary/aromatic N) is 1. The van der Waals surface area contributed by atoms with E-state index < -0.39 is 89.3 Å². The van der Waals surface area contributed by atoms with Gasteiger partial charge in [-0.15, -0.1) is 0 Å². The van der Waals surface area contributed by atoms with Gasteiger partial charge in [0, 0.05) is 35.6 Å². The van der Waals surface area contributed by atoms with Gasteiger partial charge in [-0.05, 0) is 61.1 Å². The Bertz CT molecular complexity index is 1130. The number of cyclic esters (lactones) is 1. The average molecular weight is 655 g/mol. The lowest BCUT2D eigenvalue weighted by atomic mass is 9.67. The summed E-state index contributed by atoms with van der Waals surface area (Å²) in [4.78, 5) is 55.5. The molecule has 3 unspecified atom stereocenters. The quantitative estimate of drug-likeness (QED) is 0.328. The Morgan fingerprint density at radius 3 is 2.13 bits per heavy atom. The fourth-order valence-corrected chi connectivity index (χ4v) is 8.59. The number of aliphatic hydroxyl groups is 1. The van der Waals surface area contributed by atoms with E-state index in [0.29, 0.717) is 6.42 Å². The average Bonchev–Trinajstić information content (AvgIpc) is 3.20. The second kappa shape index (κ2) is 14.5. The van der Waals surface area contributed by atoms with Crippen molar-refractivity contribution in [3.63, 3.8) is 0 Å². The number of ether oxygens (including phenoxy) is 5. The van der Waals surface area contributed by atoms with E-state index in [1.54, 1.807) is 48.5 Å². The molecule has 3 heterocycles. The van der Waals surface area contributed by atoms with Gasteiger partial charge < -0.3 is 39.4 Å². The van der Waals surface area contributed by atoms with Crippen LogP contribution < -0.4 is 5.73 Å². The number of ketones is 1. The van der Waals surface area contributed by atoms with Gasteiger partial charge >= 0.3 is 18.0 Å². The Labute approximate surface area is 274 Å². The SMILES string of the molecule is CC[C@H]1OC(=O)[C@H](C)[C@@H](O)[C@H](C)[C@@H](O[C@@H]2O[C@H](C)C[C@H](N(C)C)[C@H]2C)[C@](C)(OC(N)=O)C[C@@H](C)C(=O)C(C)C2C(C)C(=O)O[C@@]21C. The van der Waals surface area contributed by atoms with Gasteiger partial charge in [0.2, 0.25) is 0 Å². The first-order valence-corrected chi connectivity index (χ1v) is 16.8. The highest BCUT2D eigenvalue weighted by Gasteiger charge is 2.60. The first-order valence-electron chi connectivity index (χ1n) is 16.8. The maximum atomic E-state index is 14.2. The van der Waals surface area contributed by atoms with E-state index in [0.717, 1.165) is 6.42 Å². The summed E-state index contributed by atoms with van der Waals surface area (Å²) in [7, 11) is 3.98. The van der Waals surface area contributed by atoms with Crippen LogP contribution in [0.1, 0.15) is 88.5 Å². The monoisotopic (exact) mass is 654 g/mol.